The van der Waals surface area contributed by atoms with Crippen LogP contribution in [0.15, 0.2) is 64.4 Å². The molecule has 2 aromatic carbocycles. The molecule has 0 bridgehead atoms. The van der Waals surface area contributed by atoms with E-state index in [-0.39, 0.29) is 36.2 Å². The number of fused-ring (bicyclic) bond motifs is 2. The van der Waals surface area contributed by atoms with Crippen LogP contribution in [0.2, 0.25) is 0 Å². The summed E-state index contributed by atoms with van der Waals surface area (Å²) in [7, 11) is 0. The average molecular weight is 450 g/mol. The smallest absolute Gasteiger partial charge is 0.262 e. The lowest BCUT2D eigenvalue weighted by Crippen LogP contribution is -2.31. The molecule has 9 heteroatoms. The average Bonchev–Trinajstić information content (AvgIpc) is 3.23. The number of hydrogen-bond acceptors (Lipinski definition) is 5. The van der Waals surface area contributed by atoms with Gasteiger partial charge in [0.2, 0.25) is 5.91 Å². The number of aromatic amines is 1. The molecule has 7 nitrogen and oxygen atoms in total. The van der Waals surface area contributed by atoms with Crippen molar-refractivity contribution in [3.63, 3.8) is 0 Å². The Morgan fingerprint density at radius 1 is 1.25 bits per heavy atom. The van der Waals surface area contributed by atoms with Crippen molar-refractivity contribution in [1.82, 2.24) is 25.1 Å². The SMILES string of the molecule is O=C(CCc1nc2c(cnn2-c2ccccc2)c(=O)[nH]1)N[C@H]1CCSc2ccc(F)cc21. The molecule has 32 heavy (non-hydrogen) atoms. The lowest BCUT2D eigenvalue weighted by atomic mass is 10.0. The fourth-order valence-electron chi connectivity index (χ4n) is 3.85. The molecule has 162 valence electrons. The molecule has 0 unspecified atom stereocenters. The first kappa shape index (κ1) is 20.4. The normalized spacial score (nSPS) is 15.5. The fraction of sp³-hybridized carbons (Fsp3) is 0.217. The number of halogens is 1. The summed E-state index contributed by atoms with van der Waals surface area (Å²) in [4.78, 5) is 33.4. The lowest BCUT2D eigenvalue weighted by molar-refractivity contribution is -0.121. The number of thioether (sulfide) groups is 1. The molecule has 0 fully saturated rings. The minimum absolute atomic E-state index is 0.155. The summed E-state index contributed by atoms with van der Waals surface area (Å²) >= 11 is 1.67. The number of benzene rings is 2. The maximum atomic E-state index is 13.7. The summed E-state index contributed by atoms with van der Waals surface area (Å²) in [6.45, 7) is 0. The van der Waals surface area contributed by atoms with Crippen LogP contribution in [0.3, 0.4) is 0 Å². The molecular weight excluding hydrogens is 429 g/mol. The number of rotatable bonds is 5. The van der Waals surface area contributed by atoms with E-state index in [0.717, 1.165) is 28.3 Å². The molecule has 4 aromatic rings. The molecule has 1 atom stereocenters. The predicted octanol–water partition coefficient (Wildman–Crippen LogP) is 3.53. The van der Waals surface area contributed by atoms with Gasteiger partial charge in [0.25, 0.3) is 5.56 Å². The van der Waals surface area contributed by atoms with Gasteiger partial charge in [-0.3, -0.25) is 9.59 Å². The second-order valence-corrected chi connectivity index (χ2v) is 8.72. The molecule has 0 aliphatic carbocycles. The monoisotopic (exact) mass is 449 g/mol. The van der Waals surface area contributed by atoms with E-state index in [0.29, 0.717) is 16.9 Å². The van der Waals surface area contributed by atoms with Crippen LogP contribution in [-0.4, -0.2) is 31.4 Å². The number of hydrogen-bond donors (Lipinski definition) is 2. The molecule has 2 N–H and O–H groups in total. The third-order valence-electron chi connectivity index (χ3n) is 5.42. The van der Waals surface area contributed by atoms with Crippen LogP contribution in [0, 0.1) is 5.82 Å². The molecule has 1 aliphatic heterocycles. The van der Waals surface area contributed by atoms with Gasteiger partial charge in [-0.05, 0) is 42.3 Å². The maximum absolute atomic E-state index is 13.7. The Kier molecular flexibility index (Phi) is 5.48. The molecule has 1 aliphatic rings. The van der Waals surface area contributed by atoms with Crippen molar-refractivity contribution in [3.8, 4) is 5.69 Å². The van der Waals surface area contributed by atoms with Crippen LogP contribution >= 0.6 is 11.8 Å². The topological polar surface area (TPSA) is 92.7 Å². The van der Waals surface area contributed by atoms with Gasteiger partial charge >= 0.3 is 0 Å². The van der Waals surface area contributed by atoms with Gasteiger partial charge in [0.15, 0.2) is 5.65 Å². The van der Waals surface area contributed by atoms with Gasteiger partial charge in [0.05, 0.1) is 17.9 Å². The van der Waals surface area contributed by atoms with Crippen molar-refractivity contribution >= 4 is 28.7 Å². The lowest BCUT2D eigenvalue weighted by Gasteiger charge is -2.26. The van der Waals surface area contributed by atoms with Crippen molar-refractivity contribution in [1.29, 1.82) is 0 Å². The summed E-state index contributed by atoms with van der Waals surface area (Å²) in [6.07, 6.45) is 2.66. The van der Waals surface area contributed by atoms with Crippen molar-refractivity contribution in [3.05, 3.63) is 82.3 Å². The summed E-state index contributed by atoms with van der Waals surface area (Å²) in [5.74, 6) is 0.798. The Balaban J connectivity index is 1.32. The standard InChI is InChI=1S/C23H20FN5O2S/c24-14-6-7-19-16(12-14)18(10-11-32-19)26-21(30)9-8-20-27-22-17(23(31)28-20)13-25-29(22)15-4-2-1-3-5-15/h1-7,12-13,18H,8-11H2,(H,26,30)(H,27,28,31)/t18-/m0/s1. The predicted molar refractivity (Wildman–Crippen MR) is 120 cm³/mol. The summed E-state index contributed by atoms with van der Waals surface area (Å²) < 4.78 is 15.3. The first-order valence-corrected chi connectivity index (χ1v) is 11.3. The maximum Gasteiger partial charge on any atom is 0.262 e. The molecular formula is C23H20FN5O2S. The Labute approximate surface area is 187 Å². The highest BCUT2D eigenvalue weighted by molar-refractivity contribution is 7.99. The molecule has 0 radical (unpaired) electrons. The highest BCUT2D eigenvalue weighted by Gasteiger charge is 2.23. The van der Waals surface area contributed by atoms with E-state index in [9.17, 15) is 14.0 Å². The number of aromatic nitrogens is 4. The van der Waals surface area contributed by atoms with E-state index >= 15 is 0 Å². The second-order valence-electron chi connectivity index (χ2n) is 7.58. The highest BCUT2D eigenvalue weighted by atomic mass is 32.2. The number of carbonyl (C=O) groups excluding carboxylic acids is 1. The zero-order chi connectivity index (χ0) is 22.1. The van der Waals surface area contributed by atoms with Gasteiger partial charge in [0.1, 0.15) is 17.0 Å². The van der Waals surface area contributed by atoms with Crippen molar-refractivity contribution < 1.29 is 9.18 Å². The first-order valence-electron chi connectivity index (χ1n) is 10.3. The Hall–Kier alpha value is -3.46. The Morgan fingerprint density at radius 3 is 2.94 bits per heavy atom. The van der Waals surface area contributed by atoms with Gasteiger partial charge in [-0.2, -0.15) is 5.10 Å². The number of nitrogens with one attached hydrogen (secondary N) is 2. The second kappa shape index (κ2) is 8.58. The number of aryl methyl sites for hydroxylation is 1. The summed E-state index contributed by atoms with van der Waals surface area (Å²) in [5, 5.41) is 7.68. The number of nitrogens with zero attached hydrogens (tertiary/aromatic N) is 3. The van der Waals surface area contributed by atoms with Crippen molar-refractivity contribution in [2.75, 3.05) is 5.75 Å². The number of para-hydroxylation sites is 1. The Morgan fingerprint density at radius 2 is 2.09 bits per heavy atom. The van der Waals surface area contributed by atoms with Crippen molar-refractivity contribution in [2.45, 2.75) is 30.2 Å². The van der Waals surface area contributed by atoms with E-state index in [1.165, 1.54) is 18.3 Å². The minimum atomic E-state index is -0.310. The number of H-pyrrole nitrogens is 1. The molecule has 0 saturated carbocycles. The fourth-order valence-corrected chi connectivity index (χ4v) is 4.96. The van der Waals surface area contributed by atoms with E-state index < -0.39 is 0 Å². The van der Waals surface area contributed by atoms with Gasteiger partial charge in [-0.1, -0.05) is 18.2 Å². The zero-order valence-electron chi connectivity index (χ0n) is 17.0. The molecule has 2 aromatic heterocycles. The van der Waals surface area contributed by atoms with Crippen LogP contribution in [0.5, 0.6) is 0 Å². The van der Waals surface area contributed by atoms with Crippen LogP contribution in [0.1, 0.15) is 30.3 Å². The van der Waals surface area contributed by atoms with E-state index in [1.807, 2.05) is 30.3 Å². The Bertz CT molecular complexity index is 1350. The largest absolute Gasteiger partial charge is 0.349 e. The van der Waals surface area contributed by atoms with Gasteiger partial charge in [-0.25, -0.2) is 14.1 Å². The van der Waals surface area contributed by atoms with Crippen LogP contribution in [0.25, 0.3) is 16.7 Å². The molecule has 5 rings (SSSR count). The van der Waals surface area contributed by atoms with E-state index in [1.54, 1.807) is 22.5 Å². The zero-order valence-corrected chi connectivity index (χ0v) is 17.9. The van der Waals surface area contributed by atoms with Gasteiger partial charge in [-0.15, -0.1) is 11.8 Å². The molecule has 0 spiro atoms. The molecule has 1 amide bonds. The first-order chi connectivity index (χ1) is 15.6. The van der Waals surface area contributed by atoms with E-state index in [4.69, 9.17) is 0 Å². The minimum Gasteiger partial charge on any atom is -0.349 e. The molecule has 3 heterocycles. The van der Waals surface area contributed by atoms with Gasteiger partial charge < -0.3 is 10.3 Å². The third-order valence-corrected chi connectivity index (χ3v) is 6.55. The van der Waals surface area contributed by atoms with E-state index in [2.05, 4.69) is 20.4 Å². The highest BCUT2D eigenvalue weighted by Crippen LogP contribution is 2.36. The quantitative estimate of drug-likeness (QED) is 0.486. The van der Waals surface area contributed by atoms with Crippen LogP contribution in [0.4, 0.5) is 4.39 Å². The summed E-state index contributed by atoms with van der Waals surface area (Å²) in [5.41, 5.74) is 1.77. The molecule has 0 saturated heterocycles. The summed E-state index contributed by atoms with van der Waals surface area (Å²) in [6, 6.07) is 13.9. The van der Waals surface area contributed by atoms with Crippen molar-refractivity contribution in [2.24, 2.45) is 0 Å². The van der Waals surface area contributed by atoms with Crippen LogP contribution in [-0.2, 0) is 11.2 Å². The number of amides is 1. The third kappa shape index (κ3) is 4.03. The van der Waals surface area contributed by atoms with Crippen LogP contribution < -0.4 is 10.9 Å². The number of carbonyl (C=O) groups is 1. The van der Waals surface area contributed by atoms with Gasteiger partial charge in [0, 0.05) is 23.5 Å².